The minimum absolute atomic E-state index is 0.0989. The molecule has 0 unspecified atom stereocenters. The van der Waals surface area contributed by atoms with Crippen molar-refractivity contribution in [2.75, 3.05) is 19.6 Å². The first kappa shape index (κ1) is 21.5. The Morgan fingerprint density at radius 1 is 0.774 bits per heavy atom. The summed E-state index contributed by atoms with van der Waals surface area (Å²) in [4.78, 5) is 2.45. The molecule has 0 aliphatic carbocycles. The third-order valence-corrected chi connectivity index (χ3v) is 5.89. The second kappa shape index (κ2) is 11.0. The number of aromatic nitrogens is 2. The summed E-state index contributed by atoms with van der Waals surface area (Å²) in [5.41, 5.74) is 4.78. The van der Waals surface area contributed by atoms with E-state index in [4.69, 9.17) is 4.74 Å². The molecule has 0 atom stereocenters. The van der Waals surface area contributed by atoms with E-state index >= 15 is 0 Å². The van der Waals surface area contributed by atoms with Gasteiger partial charge in [0.2, 0.25) is 5.88 Å². The van der Waals surface area contributed by atoms with Gasteiger partial charge in [-0.2, -0.15) is 5.10 Å². The van der Waals surface area contributed by atoms with Gasteiger partial charge in [0.15, 0.2) is 0 Å². The van der Waals surface area contributed by atoms with Crippen LogP contribution in [-0.2, 0) is 25.9 Å². The van der Waals surface area contributed by atoms with Crippen molar-refractivity contribution >= 4 is 0 Å². The van der Waals surface area contributed by atoms with Crippen LogP contribution in [0.3, 0.4) is 0 Å². The van der Waals surface area contributed by atoms with Crippen LogP contribution in [0.4, 0.5) is 0 Å². The number of aliphatic hydroxyl groups excluding tert-OH is 1. The highest BCUT2D eigenvalue weighted by Crippen LogP contribution is 2.14. The van der Waals surface area contributed by atoms with Gasteiger partial charge in [0.1, 0.15) is 6.61 Å². The summed E-state index contributed by atoms with van der Waals surface area (Å²) in [5.74, 6) is 0.556. The molecule has 0 bridgehead atoms. The standard InChI is InChI=1S/C26H31N3O2/c30-25-15-18-29(19-16-25)17-14-22-8-6-21(7-9-22)10-11-24-12-13-26(28-27-24)31-20-23-4-2-1-3-5-23/h1-9,12-13,25,30H,10-11,14-20H2. The fraction of sp³-hybridized carbons (Fsp3) is 0.385. The van der Waals surface area contributed by atoms with Gasteiger partial charge in [-0.25, -0.2) is 0 Å². The summed E-state index contributed by atoms with van der Waals surface area (Å²) in [7, 11) is 0. The Bertz CT molecular complexity index is 906. The van der Waals surface area contributed by atoms with Crippen LogP contribution in [0.1, 0.15) is 35.2 Å². The summed E-state index contributed by atoms with van der Waals surface area (Å²) in [5, 5.41) is 18.1. The summed E-state index contributed by atoms with van der Waals surface area (Å²) in [6.07, 6.45) is 4.58. The molecule has 0 saturated carbocycles. The average Bonchev–Trinajstić information content (AvgIpc) is 2.83. The normalized spacial score (nSPS) is 15.1. The Kier molecular flexibility index (Phi) is 7.64. The van der Waals surface area contributed by atoms with Gasteiger partial charge >= 0.3 is 0 Å². The third-order valence-electron chi connectivity index (χ3n) is 5.89. The fourth-order valence-corrected chi connectivity index (χ4v) is 3.86. The zero-order valence-electron chi connectivity index (χ0n) is 18.0. The van der Waals surface area contributed by atoms with E-state index in [9.17, 15) is 5.11 Å². The van der Waals surface area contributed by atoms with E-state index in [1.807, 2.05) is 42.5 Å². The number of hydrogen-bond donors (Lipinski definition) is 1. The quantitative estimate of drug-likeness (QED) is 0.573. The van der Waals surface area contributed by atoms with Gasteiger partial charge < -0.3 is 14.7 Å². The van der Waals surface area contributed by atoms with E-state index in [2.05, 4.69) is 39.4 Å². The highest BCUT2D eigenvalue weighted by atomic mass is 16.5. The zero-order chi connectivity index (χ0) is 21.3. The van der Waals surface area contributed by atoms with Gasteiger partial charge in [0, 0.05) is 25.7 Å². The molecule has 1 fully saturated rings. The van der Waals surface area contributed by atoms with Crippen molar-refractivity contribution in [1.29, 1.82) is 0 Å². The smallest absolute Gasteiger partial charge is 0.233 e. The van der Waals surface area contributed by atoms with Crippen molar-refractivity contribution in [1.82, 2.24) is 15.1 Å². The third kappa shape index (κ3) is 6.88. The Morgan fingerprint density at radius 2 is 1.48 bits per heavy atom. The molecule has 1 aliphatic rings. The first-order valence-corrected chi connectivity index (χ1v) is 11.2. The van der Waals surface area contributed by atoms with Gasteiger partial charge in [-0.3, -0.25) is 0 Å². The SMILES string of the molecule is OC1CCN(CCc2ccc(CCc3ccc(OCc4ccccc4)nn3)cc2)CC1. The average molecular weight is 418 g/mol. The highest BCUT2D eigenvalue weighted by molar-refractivity contribution is 5.24. The molecule has 0 radical (unpaired) electrons. The minimum Gasteiger partial charge on any atom is -0.472 e. The van der Waals surface area contributed by atoms with E-state index in [1.54, 1.807) is 0 Å². The van der Waals surface area contributed by atoms with Crippen LogP contribution >= 0.6 is 0 Å². The minimum atomic E-state index is -0.0989. The number of aryl methyl sites for hydroxylation is 2. The van der Waals surface area contributed by atoms with Crippen molar-refractivity contribution in [2.45, 2.75) is 44.8 Å². The van der Waals surface area contributed by atoms with Crippen LogP contribution in [0.15, 0.2) is 66.7 Å². The number of nitrogens with zero attached hydrogens (tertiary/aromatic N) is 3. The van der Waals surface area contributed by atoms with E-state index in [1.165, 1.54) is 11.1 Å². The van der Waals surface area contributed by atoms with Crippen molar-refractivity contribution in [3.63, 3.8) is 0 Å². The molecule has 1 N–H and O–H groups in total. The molecule has 162 valence electrons. The van der Waals surface area contributed by atoms with Crippen molar-refractivity contribution in [3.05, 3.63) is 89.1 Å². The number of hydrogen-bond acceptors (Lipinski definition) is 5. The summed E-state index contributed by atoms with van der Waals surface area (Å²) in [6.45, 7) is 3.59. The molecule has 0 amide bonds. The van der Waals surface area contributed by atoms with Gasteiger partial charge in [0.05, 0.1) is 11.8 Å². The molecule has 1 saturated heterocycles. The number of benzene rings is 2. The predicted molar refractivity (Wildman–Crippen MR) is 122 cm³/mol. The van der Waals surface area contributed by atoms with Crippen LogP contribution in [-0.4, -0.2) is 45.9 Å². The molecule has 5 heteroatoms. The Labute approximate surface area is 184 Å². The number of ether oxygens (including phenoxy) is 1. The number of aliphatic hydroxyl groups is 1. The number of likely N-dealkylation sites (tertiary alicyclic amines) is 1. The molecule has 31 heavy (non-hydrogen) atoms. The molecule has 2 aromatic carbocycles. The summed E-state index contributed by atoms with van der Waals surface area (Å²) >= 11 is 0. The lowest BCUT2D eigenvalue weighted by Gasteiger charge is -2.29. The maximum atomic E-state index is 9.61. The van der Waals surface area contributed by atoms with Crippen LogP contribution in [0.25, 0.3) is 0 Å². The van der Waals surface area contributed by atoms with Gasteiger partial charge in [-0.1, -0.05) is 54.6 Å². The van der Waals surface area contributed by atoms with Crippen molar-refractivity contribution in [3.8, 4) is 5.88 Å². The number of rotatable bonds is 9. The fourth-order valence-electron chi connectivity index (χ4n) is 3.86. The molecule has 2 heterocycles. The van der Waals surface area contributed by atoms with Crippen molar-refractivity contribution in [2.24, 2.45) is 0 Å². The highest BCUT2D eigenvalue weighted by Gasteiger charge is 2.16. The first-order chi connectivity index (χ1) is 15.2. The van der Waals surface area contributed by atoms with Crippen LogP contribution in [0.5, 0.6) is 5.88 Å². The van der Waals surface area contributed by atoms with Crippen LogP contribution in [0.2, 0.25) is 0 Å². The molecule has 4 rings (SSSR count). The lowest BCUT2D eigenvalue weighted by Crippen LogP contribution is -2.37. The van der Waals surface area contributed by atoms with Crippen molar-refractivity contribution < 1.29 is 9.84 Å². The Balaban J connectivity index is 1.19. The Morgan fingerprint density at radius 3 is 2.16 bits per heavy atom. The Hall–Kier alpha value is -2.76. The predicted octanol–water partition coefficient (Wildman–Crippen LogP) is 3.84. The summed E-state index contributed by atoms with van der Waals surface area (Å²) < 4.78 is 5.71. The van der Waals surface area contributed by atoms with Crippen LogP contribution < -0.4 is 4.74 Å². The maximum Gasteiger partial charge on any atom is 0.233 e. The largest absolute Gasteiger partial charge is 0.472 e. The molecular formula is C26H31N3O2. The van der Waals surface area contributed by atoms with E-state index in [0.29, 0.717) is 12.5 Å². The molecule has 3 aromatic rings. The van der Waals surface area contributed by atoms with Gasteiger partial charge in [-0.05, 0) is 54.9 Å². The maximum absolute atomic E-state index is 9.61. The van der Waals surface area contributed by atoms with Gasteiger partial charge in [-0.15, -0.1) is 5.10 Å². The first-order valence-electron chi connectivity index (χ1n) is 11.2. The number of piperidine rings is 1. The molecule has 5 nitrogen and oxygen atoms in total. The van der Waals surface area contributed by atoms with Crippen LogP contribution in [0, 0.1) is 0 Å². The lowest BCUT2D eigenvalue weighted by atomic mass is 10.0. The monoisotopic (exact) mass is 417 g/mol. The second-order valence-corrected chi connectivity index (χ2v) is 8.28. The topological polar surface area (TPSA) is 58.5 Å². The molecule has 1 aliphatic heterocycles. The van der Waals surface area contributed by atoms with E-state index in [-0.39, 0.29) is 6.10 Å². The molecule has 0 spiro atoms. The second-order valence-electron chi connectivity index (χ2n) is 8.28. The lowest BCUT2D eigenvalue weighted by molar-refractivity contribution is 0.0832. The van der Waals surface area contributed by atoms with Gasteiger partial charge in [0.25, 0.3) is 0 Å². The van der Waals surface area contributed by atoms with E-state index < -0.39 is 0 Å². The zero-order valence-corrected chi connectivity index (χ0v) is 18.0. The van der Waals surface area contributed by atoms with E-state index in [0.717, 1.165) is 63.0 Å². The molecular weight excluding hydrogens is 386 g/mol. The molecule has 1 aromatic heterocycles. The summed E-state index contributed by atoms with van der Waals surface area (Å²) in [6, 6.07) is 22.9.